The van der Waals surface area contributed by atoms with Crippen LogP contribution in [0.15, 0.2) is 76.9 Å². The summed E-state index contributed by atoms with van der Waals surface area (Å²) in [4.78, 5) is 24.1. The Bertz CT molecular complexity index is 1140. The molecule has 0 aliphatic rings. The molecule has 3 rings (SSSR count). The van der Waals surface area contributed by atoms with Crippen molar-refractivity contribution >= 4 is 33.9 Å². The van der Waals surface area contributed by atoms with Gasteiger partial charge in [0.1, 0.15) is 12.3 Å². The molecule has 3 aromatic carbocycles. The third-order valence-corrected chi connectivity index (χ3v) is 5.17. The number of amides is 1. The van der Waals surface area contributed by atoms with Crippen molar-refractivity contribution in [1.82, 2.24) is 5.32 Å². The minimum Gasteiger partial charge on any atom is -0.493 e. The van der Waals surface area contributed by atoms with Crippen molar-refractivity contribution in [2.75, 3.05) is 7.11 Å². The molecule has 0 atom stereocenters. The van der Waals surface area contributed by atoms with Gasteiger partial charge in [-0.15, -0.1) is 0 Å². The van der Waals surface area contributed by atoms with E-state index in [1.165, 1.54) is 13.2 Å². The Morgan fingerprint density at radius 2 is 1.75 bits per heavy atom. The van der Waals surface area contributed by atoms with Crippen LogP contribution in [-0.2, 0) is 11.4 Å². The van der Waals surface area contributed by atoms with Crippen molar-refractivity contribution < 1.29 is 24.2 Å². The Morgan fingerprint density at radius 3 is 2.38 bits per heavy atom. The topological polar surface area (TPSA) is 84.9 Å². The first-order valence-electron chi connectivity index (χ1n) is 9.74. The van der Waals surface area contributed by atoms with Crippen LogP contribution in [0.25, 0.3) is 6.08 Å². The molecule has 0 fully saturated rings. The van der Waals surface area contributed by atoms with Gasteiger partial charge >= 0.3 is 5.97 Å². The van der Waals surface area contributed by atoms with Crippen LogP contribution in [0, 0.1) is 6.92 Å². The second-order valence-corrected chi connectivity index (χ2v) is 7.85. The lowest BCUT2D eigenvalue weighted by Gasteiger charge is -2.14. The fourth-order valence-electron chi connectivity index (χ4n) is 2.90. The van der Waals surface area contributed by atoms with Gasteiger partial charge in [0.05, 0.1) is 11.6 Å². The highest BCUT2D eigenvalue weighted by molar-refractivity contribution is 9.10. The molecule has 0 heterocycles. The number of halogens is 1. The summed E-state index contributed by atoms with van der Waals surface area (Å²) in [6, 6.07) is 19.7. The molecule has 6 nitrogen and oxygen atoms in total. The maximum Gasteiger partial charge on any atom is 0.352 e. The summed E-state index contributed by atoms with van der Waals surface area (Å²) < 4.78 is 12.0. The maximum atomic E-state index is 12.4. The fourth-order valence-corrected chi connectivity index (χ4v) is 3.48. The van der Waals surface area contributed by atoms with Crippen LogP contribution in [0.4, 0.5) is 0 Å². The average Bonchev–Trinajstić information content (AvgIpc) is 2.79. The second-order valence-electron chi connectivity index (χ2n) is 6.99. The number of hydrogen-bond donors (Lipinski definition) is 2. The zero-order chi connectivity index (χ0) is 23.1. The van der Waals surface area contributed by atoms with E-state index in [4.69, 9.17) is 9.47 Å². The molecule has 0 saturated carbocycles. The molecule has 0 radical (unpaired) electrons. The van der Waals surface area contributed by atoms with Crippen LogP contribution in [0.2, 0.25) is 0 Å². The van der Waals surface area contributed by atoms with Crippen molar-refractivity contribution in [2.24, 2.45) is 0 Å². The minimum atomic E-state index is -1.26. The number of rotatable bonds is 8. The van der Waals surface area contributed by atoms with E-state index in [-0.39, 0.29) is 5.70 Å². The summed E-state index contributed by atoms with van der Waals surface area (Å²) in [5, 5.41) is 12.0. The highest BCUT2D eigenvalue weighted by Crippen LogP contribution is 2.37. The lowest BCUT2D eigenvalue weighted by Crippen LogP contribution is -2.27. The molecule has 7 heteroatoms. The van der Waals surface area contributed by atoms with Gasteiger partial charge in [0.25, 0.3) is 5.91 Å². The standard InChI is InChI=1S/C25H22BrNO5/c1-16-8-10-17(11-9-16)15-32-23-20(26)12-18(14-22(23)31-2)13-21(25(29)30)27-24(28)19-6-4-3-5-7-19/h3-14H,15H2,1-2H3,(H,27,28)(H,29,30)/b21-13+. The SMILES string of the molecule is COc1cc(/C=C(/NC(=O)c2ccccc2)C(=O)O)cc(Br)c1OCc1ccc(C)cc1. The fraction of sp³-hybridized carbons (Fsp3) is 0.120. The van der Waals surface area contributed by atoms with Gasteiger partial charge in [0.2, 0.25) is 0 Å². The molecule has 2 N–H and O–H groups in total. The molecule has 0 saturated heterocycles. The van der Waals surface area contributed by atoms with Crippen molar-refractivity contribution in [3.05, 3.63) is 99.2 Å². The van der Waals surface area contributed by atoms with Crippen LogP contribution < -0.4 is 14.8 Å². The summed E-state index contributed by atoms with van der Waals surface area (Å²) in [5.74, 6) is -0.848. The van der Waals surface area contributed by atoms with Crippen LogP contribution in [0.5, 0.6) is 11.5 Å². The van der Waals surface area contributed by atoms with Gasteiger partial charge in [-0.2, -0.15) is 0 Å². The summed E-state index contributed by atoms with van der Waals surface area (Å²) in [5.41, 5.74) is 2.78. The quantitative estimate of drug-likeness (QED) is 0.419. The number of aryl methyl sites for hydroxylation is 1. The number of hydrogen-bond acceptors (Lipinski definition) is 4. The number of carboxylic acids is 1. The normalized spacial score (nSPS) is 11.0. The Balaban J connectivity index is 1.83. The van der Waals surface area contributed by atoms with E-state index in [1.807, 2.05) is 31.2 Å². The molecule has 164 valence electrons. The van der Waals surface area contributed by atoms with Gasteiger partial charge in [-0.05, 0) is 64.3 Å². The minimum absolute atomic E-state index is 0.263. The third-order valence-electron chi connectivity index (χ3n) is 4.58. The van der Waals surface area contributed by atoms with E-state index in [0.29, 0.717) is 33.7 Å². The van der Waals surface area contributed by atoms with E-state index in [1.54, 1.807) is 42.5 Å². The van der Waals surface area contributed by atoms with E-state index in [0.717, 1.165) is 11.1 Å². The molecule has 0 unspecified atom stereocenters. The van der Waals surface area contributed by atoms with E-state index >= 15 is 0 Å². The number of carbonyl (C=O) groups excluding carboxylic acids is 1. The third kappa shape index (κ3) is 5.98. The molecular formula is C25H22BrNO5. The first kappa shape index (κ1) is 23.1. The zero-order valence-electron chi connectivity index (χ0n) is 17.6. The number of aliphatic carboxylic acids is 1. The van der Waals surface area contributed by atoms with Crippen molar-refractivity contribution in [1.29, 1.82) is 0 Å². The number of ether oxygens (including phenoxy) is 2. The number of nitrogens with one attached hydrogen (secondary N) is 1. The smallest absolute Gasteiger partial charge is 0.352 e. The van der Waals surface area contributed by atoms with Gasteiger partial charge in [-0.1, -0.05) is 48.0 Å². The molecule has 3 aromatic rings. The van der Waals surface area contributed by atoms with Crippen LogP contribution >= 0.6 is 15.9 Å². The molecule has 0 aromatic heterocycles. The Hall–Kier alpha value is -3.58. The zero-order valence-corrected chi connectivity index (χ0v) is 19.2. The van der Waals surface area contributed by atoms with Crippen molar-refractivity contribution in [3.8, 4) is 11.5 Å². The van der Waals surface area contributed by atoms with Crippen LogP contribution in [0.1, 0.15) is 27.0 Å². The van der Waals surface area contributed by atoms with Crippen LogP contribution in [-0.4, -0.2) is 24.1 Å². The number of carbonyl (C=O) groups is 2. The Morgan fingerprint density at radius 1 is 1.06 bits per heavy atom. The molecule has 32 heavy (non-hydrogen) atoms. The van der Waals surface area contributed by atoms with E-state index in [2.05, 4.69) is 21.2 Å². The lowest BCUT2D eigenvalue weighted by atomic mass is 10.1. The van der Waals surface area contributed by atoms with Gasteiger partial charge in [-0.25, -0.2) is 4.79 Å². The Labute approximate surface area is 194 Å². The van der Waals surface area contributed by atoms with Crippen molar-refractivity contribution in [2.45, 2.75) is 13.5 Å². The Kier molecular flexibility index (Phi) is 7.68. The average molecular weight is 496 g/mol. The lowest BCUT2D eigenvalue weighted by molar-refractivity contribution is -0.132. The predicted molar refractivity (Wildman–Crippen MR) is 126 cm³/mol. The van der Waals surface area contributed by atoms with E-state index in [9.17, 15) is 14.7 Å². The predicted octanol–water partition coefficient (Wildman–Crippen LogP) is 5.20. The summed E-state index contributed by atoms with van der Waals surface area (Å²) >= 11 is 3.47. The summed E-state index contributed by atoms with van der Waals surface area (Å²) in [6.45, 7) is 2.36. The first-order valence-corrected chi connectivity index (χ1v) is 10.5. The monoisotopic (exact) mass is 495 g/mol. The van der Waals surface area contributed by atoms with Crippen LogP contribution in [0.3, 0.4) is 0 Å². The highest BCUT2D eigenvalue weighted by Gasteiger charge is 2.16. The molecule has 0 spiro atoms. The first-order chi connectivity index (χ1) is 15.4. The van der Waals surface area contributed by atoms with Gasteiger partial charge < -0.3 is 19.9 Å². The van der Waals surface area contributed by atoms with Gasteiger partial charge in [0, 0.05) is 5.56 Å². The maximum absolute atomic E-state index is 12.4. The molecule has 0 aliphatic heterocycles. The number of benzene rings is 3. The largest absolute Gasteiger partial charge is 0.493 e. The number of methoxy groups -OCH3 is 1. The molecule has 0 bridgehead atoms. The van der Waals surface area contributed by atoms with Gasteiger partial charge in [-0.3, -0.25) is 4.79 Å². The van der Waals surface area contributed by atoms with Crippen molar-refractivity contribution in [3.63, 3.8) is 0 Å². The highest BCUT2D eigenvalue weighted by atomic mass is 79.9. The summed E-state index contributed by atoms with van der Waals surface area (Å²) in [6.07, 6.45) is 1.36. The van der Waals surface area contributed by atoms with E-state index < -0.39 is 11.9 Å². The molecular weight excluding hydrogens is 474 g/mol. The summed E-state index contributed by atoms with van der Waals surface area (Å²) in [7, 11) is 1.50. The van der Waals surface area contributed by atoms with Gasteiger partial charge in [0.15, 0.2) is 11.5 Å². The number of carboxylic acid groups (broad SMARTS) is 1. The molecule has 1 amide bonds. The second kappa shape index (κ2) is 10.6. The molecule has 0 aliphatic carbocycles.